The number of rotatable bonds is 6. The SMILES string of the molecule is Clc1ccc(CNc2nc3ccccc3n2CCN2CCCCC2)cc1. The minimum Gasteiger partial charge on any atom is -0.352 e. The molecule has 0 unspecified atom stereocenters. The van der Waals surface area contributed by atoms with E-state index in [1.807, 2.05) is 18.2 Å². The highest BCUT2D eigenvalue weighted by Crippen LogP contribution is 2.21. The Labute approximate surface area is 159 Å². The molecule has 0 radical (unpaired) electrons. The Hall–Kier alpha value is -2.04. The smallest absolute Gasteiger partial charge is 0.204 e. The molecule has 0 amide bonds. The maximum atomic E-state index is 5.98. The van der Waals surface area contributed by atoms with Gasteiger partial charge in [0.15, 0.2) is 0 Å². The molecule has 1 aliphatic heterocycles. The molecule has 2 heterocycles. The number of aromatic nitrogens is 2. The molecular weight excluding hydrogens is 344 g/mol. The van der Waals surface area contributed by atoms with Gasteiger partial charge in [-0.2, -0.15) is 0 Å². The highest BCUT2D eigenvalue weighted by atomic mass is 35.5. The molecule has 1 aliphatic rings. The number of fused-ring (bicyclic) bond motifs is 1. The van der Waals surface area contributed by atoms with E-state index in [4.69, 9.17) is 16.6 Å². The van der Waals surface area contributed by atoms with E-state index in [-0.39, 0.29) is 0 Å². The van der Waals surface area contributed by atoms with Gasteiger partial charge in [0.05, 0.1) is 11.0 Å². The Morgan fingerprint density at radius 3 is 2.50 bits per heavy atom. The van der Waals surface area contributed by atoms with Gasteiger partial charge in [0, 0.05) is 24.7 Å². The average molecular weight is 369 g/mol. The lowest BCUT2D eigenvalue weighted by atomic mass is 10.1. The first-order chi connectivity index (χ1) is 12.8. The third-order valence-electron chi connectivity index (χ3n) is 5.11. The molecule has 2 aromatic carbocycles. The molecule has 1 fully saturated rings. The number of imidazole rings is 1. The number of benzene rings is 2. The number of halogens is 1. The molecule has 136 valence electrons. The van der Waals surface area contributed by atoms with Gasteiger partial charge >= 0.3 is 0 Å². The van der Waals surface area contributed by atoms with Crippen LogP contribution in [0.4, 0.5) is 5.95 Å². The van der Waals surface area contributed by atoms with E-state index >= 15 is 0 Å². The van der Waals surface area contributed by atoms with Crippen molar-refractivity contribution in [2.75, 3.05) is 25.0 Å². The van der Waals surface area contributed by atoms with Gasteiger partial charge in [-0.25, -0.2) is 4.98 Å². The van der Waals surface area contributed by atoms with E-state index in [0.29, 0.717) is 0 Å². The fourth-order valence-electron chi connectivity index (χ4n) is 3.64. The van der Waals surface area contributed by atoms with Crippen LogP contribution in [-0.2, 0) is 13.1 Å². The van der Waals surface area contributed by atoms with E-state index in [9.17, 15) is 0 Å². The Morgan fingerprint density at radius 1 is 0.923 bits per heavy atom. The number of hydrogen-bond donors (Lipinski definition) is 1. The van der Waals surface area contributed by atoms with Gasteiger partial charge < -0.3 is 14.8 Å². The zero-order valence-electron chi connectivity index (χ0n) is 15.0. The Bertz CT molecular complexity index is 850. The molecule has 0 aliphatic carbocycles. The van der Waals surface area contributed by atoms with Crippen LogP contribution in [0.1, 0.15) is 24.8 Å². The largest absolute Gasteiger partial charge is 0.352 e. The minimum atomic E-state index is 0.740. The second-order valence-corrected chi connectivity index (χ2v) is 7.39. The average Bonchev–Trinajstić information content (AvgIpc) is 3.04. The van der Waals surface area contributed by atoms with Crippen LogP contribution >= 0.6 is 11.6 Å². The fourth-order valence-corrected chi connectivity index (χ4v) is 3.77. The Morgan fingerprint density at radius 2 is 1.69 bits per heavy atom. The molecule has 1 saturated heterocycles. The summed E-state index contributed by atoms with van der Waals surface area (Å²) in [5.74, 6) is 0.943. The van der Waals surface area contributed by atoms with Crippen molar-refractivity contribution in [3.05, 3.63) is 59.1 Å². The molecule has 1 aromatic heterocycles. The predicted molar refractivity (Wildman–Crippen MR) is 109 cm³/mol. The van der Waals surface area contributed by atoms with Crippen LogP contribution in [0.3, 0.4) is 0 Å². The van der Waals surface area contributed by atoms with Crippen LogP contribution in [0.15, 0.2) is 48.5 Å². The van der Waals surface area contributed by atoms with Gasteiger partial charge in [0.1, 0.15) is 0 Å². The molecule has 5 heteroatoms. The van der Waals surface area contributed by atoms with Crippen LogP contribution < -0.4 is 5.32 Å². The quantitative estimate of drug-likeness (QED) is 0.679. The molecule has 0 spiro atoms. The van der Waals surface area contributed by atoms with Gasteiger partial charge in [-0.3, -0.25) is 0 Å². The highest BCUT2D eigenvalue weighted by Gasteiger charge is 2.14. The normalized spacial score (nSPS) is 15.4. The first kappa shape index (κ1) is 17.4. The van der Waals surface area contributed by atoms with Crippen molar-refractivity contribution >= 4 is 28.6 Å². The van der Waals surface area contributed by atoms with Crippen LogP contribution in [0, 0.1) is 0 Å². The molecule has 0 saturated carbocycles. The summed E-state index contributed by atoms with van der Waals surface area (Å²) >= 11 is 5.98. The van der Waals surface area contributed by atoms with Crippen LogP contribution in [0.5, 0.6) is 0 Å². The number of hydrogen-bond acceptors (Lipinski definition) is 3. The van der Waals surface area contributed by atoms with E-state index in [1.165, 1.54) is 43.4 Å². The van der Waals surface area contributed by atoms with Crippen molar-refractivity contribution in [3.63, 3.8) is 0 Å². The molecule has 1 N–H and O–H groups in total. The Balaban J connectivity index is 1.51. The maximum absolute atomic E-state index is 5.98. The predicted octanol–water partition coefficient (Wildman–Crippen LogP) is 4.79. The van der Waals surface area contributed by atoms with Gasteiger partial charge in [0.2, 0.25) is 5.95 Å². The van der Waals surface area contributed by atoms with Crippen molar-refractivity contribution in [2.24, 2.45) is 0 Å². The van der Waals surface area contributed by atoms with Gasteiger partial charge in [-0.1, -0.05) is 42.3 Å². The maximum Gasteiger partial charge on any atom is 0.204 e. The van der Waals surface area contributed by atoms with E-state index < -0.39 is 0 Å². The number of nitrogens with one attached hydrogen (secondary N) is 1. The third-order valence-corrected chi connectivity index (χ3v) is 5.36. The second-order valence-electron chi connectivity index (χ2n) is 6.96. The minimum absolute atomic E-state index is 0.740. The Kier molecular flexibility index (Phi) is 5.42. The number of piperidine rings is 1. The zero-order valence-corrected chi connectivity index (χ0v) is 15.8. The van der Waals surface area contributed by atoms with Crippen molar-refractivity contribution in [1.82, 2.24) is 14.5 Å². The van der Waals surface area contributed by atoms with E-state index in [0.717, 1.165) is 36.1 Å². The monoisotopic (exact) mass is 368 g/mol. The number of likely N-dealkylation sites (tertiary alicyclic amines) is 1. The number of para-hydroxylation sites is 2. The number of anilines is 1. The lowest BCUT2D eigenvalue weighted by molar-refractivity contribution is 0.222. The molecular formula is C21H25ClN4. The van der Waals surface area contributed by atoms with Crippen molar-refractivity contribution in [3.8, 4) is 0 Å². The molecule has 4 nitrogen and oxygen atoms in total. The lowest BCUT2D eigenvalue weighted by Crippen LogP contribution is -2.32. The van der Waals surface area contributed by atoms with Crippen LogP contribution in [0.2, 0.25) is 5.02 Å². The van der Waals surface area contributed by atoms with Gasteiger partial charge in [-0.15, -0.1) is 0 Å². The summed E-state index contributed by atoms with van der Waals surface area (Å²) in [5.41, 5.74) is 3.44. The number of nitrogens with zero attached hydrogens (tertiary/aromatic N) is 3. The van der Waals surface area contributed by atoms with Crippen LogP contribution in [0.25, 0.3) is 11.0 Å². The lowest BCUT2D eigenvalue weighted by Gasteiger charge is -2.26. The summed E-state index contributed by atoms with van der Waals surface area (Å²) in [6.45, 7) is 5.23. The van der Waals surface area contributed by atoms with E-state index in [2.05, 4.69) is 45.1 Å². The molecule has 0 atom stereocenters. The second kappa shape index (κ2) is 8.11. The van der Waals surface area contributed by atoms with Crippen LogP contribution in [-0.4, -0.2) is 34.1 Å². The first-order valence-electron chi connectivity index (χ1n) is 9.45. The van der Waals surface area contributed by atoms with Crippen molar-refractivity contribution in [1.29, 1.82) is 0 Å². The molecule has 4 rings (SSSR count). The molecule has 26 heavy (non-hydrogen) atoms. The summed E-state index contributed by atoms with van der Waals surface area (Å²) in [4.78, 5) is 7.39. The summed E-state index contributed by atoms with van der Waals surface area (Å²) in [7, 11) is 0. The van der Waals surface area contributed by atoms with Crippen molar-refractivity contribution in [2.45, 2.75) is 32.4 Å². The van der Waals surface area contributed by atoms with Gasteiger partial charge in [0.25, 0.3) is 0 Å². The molecule has 0 bridgehead atoms. The summed E-state index contributed by atoms with van der Waals surface area (Å²) in [5, 5.41) is 4.28. The fraction of sp³-hybridized carbons (Fsp3) is 0.381. The van der Waals surface area contributed by atoms with E-state index in [1.54, 1.807) is 0 Å². The molecule has 3 aromatic rings. The summed E-state index contributed by atoms with van der Waals surface area (Å²) < 4.78 is 2.32. The standard InChI is InChI=1S/C21H25ClN4/c22-18-10-8-17(9-11-18)16-23-21-24-19-6-2-3-7-20(19)26(21)15-14-25-12-4-1-5-13-25/h2-3,6-11H,1,4-5,12-16H2,(H,23,24). The highest BCUT2D eigenvalue weighted by molar-refractivity contribution is 6.30. The van der Waals surface area contributed by atoms with Gasteiger partial charge in [-0.05, 0) is 55.8 Å². The first-order valence-corrected chi connectivity index (χ1v) is 9.83. The summed E-state index contributed by atoms with van der Waals surface area (Å²) in [6.07, 6.45) is 4.02. The third kappa shape index (κ3) is 4.02. The topological polar surface area (TPSA) is 33.1 Å². The summed E-state index contributed by atoms with van der Waals surface area (Å²) in [6, 6.07) is 16.3. The van der Waals surface area contributed by atoms with Crippen molar-refractivity contribution < 1.29 is 0 Å². The zero-order chi connectivity index (χ0) is 17.8.